The van der Waals surface area contributed by atoms with E-state index in [1.54, 1.807) is 0 Å². The fourth-order valence-electron chi connectivity index (χ4n) is 2.88. The number of ether oxygens (including phenoxy) is 1. The van der Waals surface area contributed by atoms with Gasteiger partial charge >= 0.3 is 11.9 Å². The molecule has 0 saturated heterocycles. The van der Waals surface area contributed by atoms with Crippen LogP contribution < -0.4 is 0 Å². The summed E-state index contributed by atoms with van der Waals surface area (Å²) in [5.41, 5.74) is 0.0337. The van der Waals surface area contributed by atoms with Crippen LogP contribution in [0.3, 0.4) is 0 Å². The molecule has 146 valence electrons. The van der Waals surface area contributed by atoms with Crippen molar-refractivity contribution in [2.45, 2.75) is 110 Å². The zero-order valence-corrected chi connectivity index (χ0v) is 16.4. The molecule has 25 heavy (non-hydrogen) atoms. The second-order valence-electron chi connectivity index (χ2n) is 6.96. The van der Waals surface area contributed by atoms with E-state index in [1.807, 2.05) is 0 Å². The van der Waals surface area contributed by atoms with Gasteiger partial charge in [-0.3, -0.25) is 4.79 Å². The van der Waals surface area contributed by atoms with Crippen molar-refractivity contribution in [1.29, 1.82) is 0 Å². The lowest BCUT2D eigenvalue weighted by Crippen LogP contribution is -2.20. The molecule has 1 atom stereocenters. The highest BCUT2D eigenvalue weighted by Crippen LogP contribution is 2.18. The topological polar surface area (TPSA) is 63.6 Å². The highest BCUT2D eigenvalue weighted by atomic mass is 16.5. The number of esters is 1. The Morgan fingerprint density at radius 3 is 1.72 bits per heavy atom. The van der Waals surface area contributed by atoms with Crippen molar-refractivity contribution in [1.82, 2.24) is 0 Å². The lowest BCUT2D eigenvalue weighted by molar-refractivity contribution is -0.147. The molecule has 4 heteroatoms. The third-order valence-corrected chi connectivity index (χ3v) is 4.44. The van der Waals surface area contributed by atoms with Crippen LogP contribution in [0, 0.1) is 0 Å². The molecule has 0 radical (unpaired) electrons. The molecule has 0 aliphatic rings. The maximum Gasteiger partial charge on any atom is 0.334 e. The first-order chi connectivity index (χ1) is 12.0. The van der Waals surface area contributed by atoms with E-state index in [0.29, 0.717) is 0 Å². The van der Waals surface area contributed by atoms with E-state index >= 15 is 0 Å². The number of aliphatic carboxylic acids is 1. The summed E-state index contributed by atoms with van der Waals surface area (Å²) in [6.07, 6.45) is 14.4. The zero-order valence-electron chi connectivity index (χ0n) is 16.4. The predicted molar refractivity (Wildman–Crippen MR) is 103 cm³/mol. The molecule has 0 saturated carbocycles. The smallest absolute Gasteiger partial charge is 0.334 e. The summed E-state index contributed by atoms with van der Waals surface area (Å²) in [5.74, 6) is -1.60. The van der Waals surface area contributed by atoms with Crippen molar-refractivity contribution in [3.05, 3.63) is 12.2 Å². The Bertz CT molecular complexity index is 376. The second-order valence-corrected chi connectivity index (χ2v) is 6.96. The van der Waals surface area contributed by atoms with E-state index in [-0.39, 0.29) is 18.1 Å². The molecule has 1 N–H and O–H groups in total. The second kappa shape index (κ2) is 16.2. The van der Waals surface area contributed by atoms with E-state index in [1.165, 1.54) is 51.4 Å². The van der Waals surface area contributed by atoms with Gasteiger partial charge in [-0.2, -0.15) is 0 Å². The predicted octanol–water partition coefficient (Wildman–Crippen LogP) is 6.04. The van der Waals surface area contributed by atoms with Crippen molar-refractivity contribution >= 4 is 11.9 Å². The summed E-state index contributed by atoms with van der Waals surface area (Å²) in [6, 6.07) is 0. The number of rotatable bonds is 17. The Morgan fingerprint density at radius 2 is 1.28 bits per heavy atom. The van der Waals surface area contributed by atoms with Gasteiger partial charge in [0.05, 0.1) is 6.42 Å². The molecule has 0 spiro atoms. The highest BCUT2D eigenvalue weighted by Gasteiger charge is 2.18. The molecule has 0 aromatic rings. The van der Waals surface area contributed by atoms with Crippen LogP contribution in [0.4, 0.5) is 0 Å². The molecule has 0 rings (SSSR count). The molecule has 1 unspecified atom stereocenters. The molecule has 4 nitrogen and oxygen atoms in total. The quantitative estimate of drug-likeness (QED) is 0.196. The van der Waals surface area contributed by atoms with E-state index in [4.69, 9.17) is 9.84 Å². The van der Waals surface area contributed by atoms with Crippen molar-refractivity contribution in [3.8, 4) is 0 Å². The fourth-order valence-corrected chi connectivity index (χ4v) is 2.88. The summed E-state index contributed by atoms with van der Waals surface area (Å²) >= 11 is 0. The van der Waals surface area contributed by atoms with Gasteiger partial charge in [-0.1, -0.05) is 78.2 Å². The van der Waals surface area contributed by atoms with Crippen LogP contribution in [0.1, 0.15) is 104 Å². The number of carboxylic acid groups (broad SMARTS) is 1. The fraction of sp³-hybridized carbons (Fsp3) is 0.810. The van der Waals surface area contributed by atoms with E-state index in [0.717, 1.165) is 32.1 Å². The first-order valence-corrected chi connectivity index (χ1v) is 10.1. The maximum absolute atomic E-state index is 12.0. The number of hydrogen-bond donors (Lipinski definition) is 1. The molecule has 0 heterocycles. The lowest BCUT2D eigenvalue weighted by Gasteiger charge is -2.18. The SMILES string of the molecule is C=C(CC(=O)O)C(=O)OC(CCCCCCC)CCCCCCCC. The Kier molecular flexibility index (Phi) is 15.3. The Hall–Kier alpha value is -1.32. The monoisotopic (exact) mass is 354 g/mol. The van der Waals surface area contributed by atoms with Crippen molar-refractivity contribution in [2.24, 2.45) is 0 Å². The first kappa shape index (κ1) is 23.7. The average molecular weight is 355 g/mol. The standard InChI is InChI=1S/C21H38O4/c1-4-6-8-10-12-14-16-19(15-13-11-9-7-5-2)25-21(24)18(3)17-20(22)23/h19H,3-17H2,1-2H3,(H,22,23). The minimum atomic E-state index is -1.05. The van der Waals surface area contributed by atoms with Crippen molar-refractivity contribution in [2.75, 3.05) is 0 Å². The van der Waals surface area contributed by atoms with Gasteiger partial charge in [0.2, 0.25) is 0 Å². The van der Waals surface area contributed by atoms with Crippen molar-refractivity contribution in [3.63, 3.8) is 0 Å². The minimum absolute atomic E-state index is 0.0337. The molecule has 0 aromatic carbocycles. The van der Waals surface area contributed by atoms with Gasteiger partial charge < -0.3 is 9.84 Å². The van der Waals surface area contributed by atoms with E-state index in [2.05, 4.69) is 20.4 Å². The summed E-state index contributed by atoms with van der Waals surface area (Å²) in [5, 5.41) is 8.77. The van der Waals surface area contributed by atoms with E-state index in [9.17, 15) is 9.59 Å². The number of hydrogen-bond acceptors (Lipinski definition) is 3. The lowest BCUT2D eigenvalue weighted by atomic mass is 10.0. The largest absolute Gasteiger partial charge is 0.481 e. The molecular weight excluding hydrogens is 316 g/mol. The van der Waals surface area contributed by atoms with Gasteiger partial charge in [-0.05, 0) is 25.7 Å². The summed E-state index contributed by atoms with van der Waals surface area (Å²) in [4.78, 5) is 22.7. The Balaban J connectivity index is 4.23. The molecular formula is C21H38O4. The third kappa shape index (κ3) is 14.7. The van der Waals surface area contributed by atoms with Gasteiger partial charge in [0, 0.05) is 5.57 Å². The Labute approximate surface area is 154 Å². The van der Waals surface area contributed by atoms with Crippen LogP contribution in [-0.4, -0.2) is 23.1 Å². The summed E-state index contributed by atoms with van der Waals surface area (Å²) in [7, 11) is 0. The van der Waals surface area contributed by atoms with E-state index < -0.39 is 11.9 Å². The molecule has 0 aliphatic carbocycles. The number of carbonyl (C=O) groups is 2. The van der Waals surface area contributed by atoms with Gasteiger partial charge in [0.1, 0.15) is 6.10 Å². The van der Waals surface area contributed by atoms with Crippen LogP contribution in [0.15, 0.2) is 12.2 Å². The van der Waals surface area contributed by atoms with Crippen LogP contribution in [0.25, 0.3) is 0 Å². The van der Waals surface area contributed by atoms with Crippen molar-refractivity contribution < 1.29 is 19.4 Å². The van der Waals surface area contributed by atoms with Gasteiger partial charge in [-0.15, -0.1) is 0 Å². The third-order valence-electron chi connectivity index (χ3n) is 4.44. The van der Waals surface area contributed by atoms with Crippen LogP contribution in [-0.2, 0) is 14.3 Å². The zero-order chi connectivity index (χ0) is 18.9. The molecule has 0 amide bonds. The van der Waals surface area contributed by atoms with Crippen LogP contribution >= 0.6 is 0 Å². The summed E-state index contributed by atoms with van der Waals surface area (Å²) < 4.78 is 5.55. The number of carboxylic acids is 1. The first-order valence-electron chi connectivity index (χ1n) is 10.1. The summed E-state index contributed by atoms with van der Waals surface area (Å²) in [6.45, 7) is 7.94. The Morgan fingerprint density at radius 1 is 0.840 bits per heavy atom. The molecule has 0 fully saturated rings. The highest BCUT2D eigenvalue weighted by molar-refractivity contribution is 5.92. The van der Waals surface area contributed by atoms with Gasteiger partial charge in [0.25, 0.3) is 0 Å². The van der Waals surface area contributed by atoms with Gasteiger partial charge in [0.15, 0.2) is 0 Å². The molecule has 0 bridgehead atoms. The van der Waals surface area contributed by atoms with Gasteiger partial charge in [-0.25, -0.2) is 4.79 Å². The molecule has 0 aromatic heterocycles. The average Bonchev–Trinajstić information content (AvgIpc) is 2.56. The normalized spacial score (nSPS) is 11.9. The van der Waals surface area contributed by atoms with Crippen LogP contribution in [0.2, 0.25) is 0 Å². The number of unbranched alkanes of at least 4 members (excludes halogenated alkanes) is 9. The van der Waals surface area contributed by atoms with Crippen LogP contribution in [0.5, 0.6) is 0 Å². The molecule has 0 aliphatic heterocycles. The number of carbonyl (C=O) groups excluding carboxylic acids is 1. The minimum Gasteiger partial charge on any atom is -0.481 e. The maximum atomic E-state index is 12.0.